The van der Waals surface area contributed by atoms with Crippen molar-refractivity contribution in [3.05, 3.63) is 57.3 Å². The average Bonchev–Trinajstić information content (AvgIpc) is 3.08. The average molecular weight is 329 g/mol. The van der Waals surface area contributed by atoms with E-state index in [4.69, 9.17) is 5.73 Å². The van der Waals surface area contributed by atoms with Crippen molar-refractivity contribution < 1.29 is 19.3 Å². The molecule has 0 bridgehead atoms. The SMILES string of the molecule is NC(=O)c1cn(CCN2C(=O)c3ccccc3C2=O)nc1[N+](=O)[O-]. The minimum Gasteiger partial charge on any atom is -0.365 e. The second kappa shape index (κ2) is 5.57. The number of imide groups is 1. The molecule has 0 spiro atoms. The number of amides is 3. The van der Waals surface area contributed by atoms with E-state index in [1.54, 1.807) is 24.3 Å². The summed E-state index contributed by atoms with van der Waals surface area (Å²) in [6.45, 7) is -0.0387. The molecule has 0 unspecified atom stereocenters. The molecule has 0 aliphatic carbocycles. The van der Waals surface area contributed by atoms with Gasteiger partial charge in [0.25, 0.3) is 17.7 Å². The van der Waals surface area contributed by atoms with Gasteiger partial charge in [-0.3, -0.25) is 19.3 Å². The van der Waals surface area contributed by atoms with Gasteiger partial charge < -0.3 is 15.8 Å². The fraction of sp³-hybridized carbons (Fsp3) is 0.143. The number of nitro groups is 1. The number of nitrogens with zero attached hydrogens (tertiary/aromatic N) is 4. The van der Waals surface area contributed by atoms with Crippen LogP contribution in [-0.4, -0.2) is 43.9 Å². The van der Waals surface area contributed by atoms with E-state index in [0.29, 0.717) is 11.1 Å². The number of hydrogen-bond acceptors (Lipinski definition) is 6. The molecule has 1 aliphatic heterocycles. The summed E-state index contributed by atoms with van der Waals surface area (Å²) in [5, 5.41) is 14.5. The highest BCUT2D eigenvalue weighted by atomic mass is 16.6. The van der Waals surface area contributed by atoms with Crippen molar-refractivity contribution in [1.29, 1.82) is 0 Å². The highest BCUT2D eigenvalue weighted by molar-refractivity contribution is 6.21. The van der Waals surface area contributed by atoms with Crippen molar-refractivity contribution in [2.45, 2.75) is 6.54 Å². The van der Waals surface area contributed by atoms with Crippen molar-refractivity contribution in [2.75, 3.05) is 6.54 Å². The first-order valence-corrected chi connectivity index (χ1v) is 6.87. The molecule has 2 heterocycles. The summed E-state index contributed by atoms with van der Waals surface area (Å²) >= 11 is 0. The summed E-state index contributed by atoms with van der Waals surface area (Å²) in [6.07, 6.45) is 1.12. The molecule has 1 aromatic carbocycles. The minimum absolute atomic E-state index is 0.000408. The van der Waals surface area contributed by atoms with Crippen LogP contribution in [0.3, 0.4) is 0 Å². The zero-order valence-corrected chi connectivity index (χ0v) is 12.2. The second-order valence-electron chi connectivity index (χ2n) is 5.06. The lowest BCUT2D eigenvalue weighted by atomic mass is 10.1. The number of benzene rings is 1. The third-order valence-electron chi connectivity index (χ3n) is 3.61. The Hall–Kier alpha value is -3.56. The van der Waals surface area contributed by atoms with Crippen LogP contribution in [0.2, 0.25) is 0 Å². The van der Waals surface area contributed by atoms with Gasteiger partial charge in [0, 0.05) is 0 Å². The molecule has 0 fully saturated rings. The monoisotopic (exact) mass is 329 g/mol. The van der Waals surface area contributed by atoms with E-state index in [1.165, 1.54) is 0 Å². The molecule has 0 radical (unpaired) electrons. The summed E-state index contributed by atoms with van der Waals surface area (Å²) in [6, 6.07) is 6.42. The van der Waals surface area contributed by atoms with Crippen LogP contribution in [-0.2, 0) is 6.54 Å². The van der Waals surface area contributed by atoms with Gasteiger partial charge in [0.1, 0.15) is 0 Å². The van der Waals surface area contributed by atoms with Crippen LogP contribution in [0.25, 0.3) is 0 Å². The van der Waals surface area contributed by atoms with Gasteiger partial charge in [-0.05, 0) is 17.1 Å². The quantitative estimate of drug-likeness (QED) is 0.471. The van der Waals surface area contributed by atoms with Crippen LogP contribution in [0, 0.1) is 10.1 Å². The molecule has 0 atom stereocenters. The number of rotatable bonds is 5. The number of hydrogen-bond donors (Lipinski definition) is 1. The Morgan fingerprint density at radius 2 is 1.75 bits per heavy atom. The van der Waals surface area contributed by atoms with Crippen molar-refractivity contribution >= 4 is 23.5 Å². The summed E-state index contributed by atoms with van der Waals surface area (Å²) in [4.78, 5) is 46.7. The summed E-state index contributed by atoms with van der Waals surface area (Å²) < 4.78 is 1.11. The minimum atomic E-state index is -0.978. The Labute approximate surface area is 134 Å². The van der Waals surface area contributed by atoms with Gasteiger partial charge in [-0.15, -0.1) is 0 Å². The van der Waals surface area contributed by atoms with Crippen LogP contribution in [0.15, 0.2) is 30.5 Å². The maximum Gasteiger partial charge on any atom is 0.402 e. The fourth-order valence-electron chi connectivity index (χ4n) is 2.48. The normalized spacial score (nSPS) is 13.2. The van der Waals surface area contributed by atoms with Crippen LogP contribution in [0.4, 0.5) is 5.82 Å². The molecule has 3 amide bonds. The van der Waals surface area contributed by atoms with Gasteiger partial charge in [0.15, 0.2) is 5.56 Å². The van der Waals surface area contributed by atoms with E-state index in [9.17, 15) is 24.5 Å². The molecule has 3 rings (SSSR count). The fourth-order valence-corrected chi connectivity index (χ4v) is 2.48. The number of carbonyl (C=O) groups is 3. The van der Waals surface area contributed by atoms with Crippen LogP contribution in [0.1, 0.15) is 31.1 Å². The maximum absolute atomic E-state index is 12.2. The zero-order valence-electron chi connectivity index (χ0n) is 12.2. The number of aromatic nitrogens is 2. The lowest BCUT2D eigenvalue weighted by Crippen LogP contribution is -2.33. The van der Waals surface area contributed by atoms with E-state index in [-0.39, 0.29) is 18.7 Å². The molecule has 1 aliphatic rings. The van der Waals surface area contributed by atoms with Gasteiger partial charge in [-0.1, -0.05) is 12.1 Å². The van der Waals surface area contributed by atoms with E-state index in [0.717, 1.165) is 15.8 Å². The van der Waals surface area contributed by atoms with E-state index in [2.05, 4.69) is 5.10 Å². The lowest BCUT2D eigenvalue weighted by molar-refractivity contribution is -0.390. The Balaban J connectivity index is 1.79. The molecular formula is C14H11N5O5. The van der Waals surface area contributed by atoms with Crippen molar-refractivity contribution in [3.63, 3.8) is 0 Å². The molecule has 0 saturated heterocycles. The predicted molar refractivity (Wildman–Crippen MR) is 79.2 cm³/mol. The van der Waals surface area contributed by atoms with E-state index < -0.39 is 28.5 Å². The molecule has 1 aromatic heterocycles. The zero-order chi connectivity index (χ0) is 17.4. The third kappa shape index (κ3) is 2.39. The summed E-state index contributed by atoms with van der Waals surface area (Å²) in [5.41, 5.74) is 5.36. The number of primary amides is 1. The first-order chi connectivity index (χ1) is 11.4. The molecular weight excluding hydrogens is 318 g/mol. The van der Waals surface area contributed by atoms with Gasteiger partial charge in [-0.25, -0.2) is 0 Å². The Kier molecular flexibility index (Phi) is 3.56. The largest absolute Gasteiger partial charge is 0.402 e. The highest BCUT2D eigenvalue weighted by Gasteiger charge is 2.35. The van der Waals surface area contributed by atoms with Crippen molar-refractivity contribution in [3.8, 4) is 0 Å². The smallest absolute Gasteiger partial charge is 0.365 e. The highest BCUT2D eigenvalue weighted by Crippen LogP contribution is 2.22. The third-order valence-corrected chi connectivity index (χ3v) is 3.61. The van der Waals surface area contributed by atoms with Gasteiger partial charge in [0.05, 0.1) is 35.5 Å². The van der Waals surface area contributed by atoms with Gasteiger partial charge >= 0.3 is 5.82 Å². The second-order valence-corrected chi connectivity index (χ2v) is 5.06. The summed E-state index contributed by atoms with van der Waals surface area (Å²) in [7, 11) is 0. The van der Waals surface area contributed by atoms with E-state index in [1.807, 2.05) is 0 Å². The van der Waals surface area contributed by atoms with Gasteiger partial charge in [-0.2, -0.15) is 4.68 Å². The molecule has 24 heavy (non-hydrogen) atoms. The first-order valence-electron chi connectivity index (χ1n) is 6.87. The Morgan fingerprint density at radius 1 is 1.17 bits per heavy atom. The lowest BCUT2D eigenvalue weighted by Gasteiger charge is -2.12. The Bertz CT molecular complexity index is 821. The number of nitrogens with two attached hydrogens (primary N) is 1. The topological polar surface area (TPSA) is 141 Å². The van der Waals surface area contributed by atoms with E-state index >= 15 is 0 Å². The molecule has 122 valence electrons. The van der Waals surface area contributed by atoms with Crippen LogP contribution in [0.5, 0.6) is 0 Å². The molecule has 10 heteroatoms. The van der Waals surface area contributed by atoms with Crippen molar-refractivity contribution in [1.82, 2.24) is 14.7 Å². The maximum atomic E-state index is 12.2. The van der Waals surface area contributed by atoms with Gasteiger partial charge in [0.2, 0.25) is 0 Å². The van der Waals surface area contributed by atoms with Crippen molar-refractivity contribution in [2.24, 2.45) is 5.73 Å². The predicted octanol–water partition coefficient (Wildman–Crippen LogP) is 0.186. The molecule has 2 aromatic rings. The molecule has 10 nitrogen and oxygen atoms in total. The number of carbonyl (C=O) groups excluding carboxylic acids is 3. The summed E-state index contributed by atoms with van der Waals surface area (Å²) in [5.74, 6) is -2.52. The van der Waals surface area contributed by atoms with Crippen LogP contribution < -0.4 is 5.73 Å². The Morgan fingerprint density at radius 3 is 2.21 bits per heavy atom. The number of fused-ring (bicyclic) bond motifs is 1. The van der Waals surface area contributed by atoms with Crippen LogP contribution >= 0.6 is 0 Å². The molecule has 0 saturated carbocycles. The first kappa shape index (κ1) is 15.3. The molecule has 2 N–H and O–H groups in total. The standard InChI is InChI=1S/C14H11N5O5/c15-11(20)10-7-17(16-12(10)19(23)24)5-6-18-13(21)8-3-1-2-4-9(8)14(18)22/h1-4,7H,5-6H2,(H2,15,20).